The smallest absolute Gasteiger partial charge is 0.445 e. The number of alkyl carbamates (subject to hydrolysis) is 1. The fourth-order valence-corrected chi connectivity index (χ4v) is 3.50. The first-order chi connectivity index (χ1) is 17.2. The number of hydrogen-bond acceptors (Lipinski definition) is 4. The van der Waals surface area contributed by atoms with Crippen LogP contribution in [0.5, 0.6) is 0 Å². The first-order valence-electron chi connectivity index (χ1n) is 11.2. The Morgan fingerprint density at radius 1 is 0.667 bits per heavy atom. The van der Waals surface area contributed by atoms with Gasteiger partial charge < -0.3 is 15.4 Å². The van der Waals surface area contributed by atoms with Crippen molar-refractivity contribution in [3.05, 3.63) is 108 Å². The van der Waals surface area contributed by atoms with Crippen LogP contribution in [0.3, 0.4) is 0 Å². The molecule has 0 aliphatic carbocycles. The number of carbonyl (C=O) groups excluding carboxylic acids is 3. The lowest BCUT2D eigenvalue weighted by molar-refractivity contribution is -0.173. The van der Waals surface area contributed by atoms with Crippen molar-refractivity contribution >= 4 is 17.8 Å². The molecule has 0 bridgehead atoms. The molecule has 3 rings (SSSR count). The molecule has 2 N–H and O–H groups in total. The summed E-state index contributed by atoms with van der Waals surface area (Å²) in [6, 6.07) is 22.4. The zero-order valence-electron chi connectivity index (χ0n) is 19.2. The molecular formula is C27H25F3N2O4. The second-order valence-corrected chi connectivity index (χ2v) is 8.06. The van der Waals surface area contributed by atoms with E-state index in [1.807, 2.05) is 0 Å². The van der Waals surface area contributed by atoms with Crippen LogP contribution in [0.25, 0.3) is 0 Å². The summed E-state index contributed by atoms with van der Waals surface area (Å²) in [4.78, 5) is 37.6. The number of alkyl halides is 3. The van der Waals surface area contributed by atoms with Gasteiger partial charge in [0.15, 0.2) is 0 Å². The van der Waals surface area contributed by atoms with Crippen molar-refractivity contribution in [3.63, 3.8) is 0 Å². The number of Topliss-reactive ketones (excluding diaryl/α,β-unsaturated/α-hetero) is 1. The molecule has 188 valence electrons. The number of halogens is 3. The van der Waals surface area contributed by atoms with E-state index in [-0.39, 0.29) is 19.4 Å². The molecular weight excluding hydrogens is 473 g/mol. The lowest BCUT2D eigenvalue weighted by Crippen LogP contribution is -2.55. The molecule has 1 unspecified atom stereocenters. The standard InChI is InChI=1S/C27H25F3N2O4/c28-27(29,30)24(33)22(16-19-10-4-1-5-11-19)31-25(34)23(17-20-12-6-2-7-13-20)32-26(35)36-18-21-14-8-3-9-15-21/h1-15,22-23H,16-18H2,(H,31,34)(H,32,35)/t22?,23-/m0/s1. The molecule has 6 nitrogen and oxygen atoms in total. The summed E-state index contributed by atoms with van der Waals surface area (Å²) in [5.41, 5.74) is 1.81. The maximum absolute atomic E-state index is 13.3. The van der Waals surface area contributed by atoms with Crippen molar-refractivity contribution in [1.29, 1.82) is 0 Å². The van der Waals surface area contributed by atoms with Crippen LogP contribution in [0.1, 0.15) is 16.7 Å². The monoisotopic (exact) mass is 498 g/mol. The van der Waals surface area contributed by atoms with Gasteiger partial charge in [0.1, 0.15) is 18.7 Å². The third kappa shape index (κ3) is 8.26. The molecule has 0 aliphatic rings. The van der Waals surface area contributed by atoms with E-state index in [4.69, 9.17) is 4.74 Å². The van der Waals surface area contributed by atoms with E-state index in [1.54, 1.807) is 91.0 Å². The highest BCUT2D eigenvalue weighted by Crippen LogP contribution is 2.20. The van der Waals surface area contributed by atoms with E-state index in [0.29, 0.717) is 11.1 Å². The van der Waals surface area contributed by atoms with Gasteiger partial charge in [-0.15, -0.1) is 0 Å². The van der Waals surface area contributed by atoms with Crippen LogP contribution in [-0.2, 0) is 33.8 Å². The lowest BCUT2D eigenvalue weighted by Gasteiger charge is -2.23. The maximum Gasteiger partial charge on any atom is 0.452 e. The molecule has 0 aromatic heterocycles. The third-order valence-electron chi connectivity index (χ3n) is 5.30. The Balaban J connectivity index is 1.75. The Kier molecular flexibility index (Phi) is 9.21. The lowest BCUT2D eigenvalue weighted by atomic mass is 10.00. The number of carbonyl (C=O) groups is 3. The minimum atomic E-state index is -5.15. The maximum atomic E-state index is 13.3. The molecule has 2 atom stereocenters. The number of benzene rings is 3. The molecule has 0 saturated carbocycles. The van der Waals surface area contributed by atoms with Crippen LogP contribution >= 0.6 is 0 Å². The number of nitrogens with one attached hydrogen (secondary N) is 2. The topological polar surface area (TPSA) is 84.5 Å². The molecule has 36 heavy (non-hydrogen) atoms. The van der Waals surface area contributed by atoms with Crippen molar-refractivity contribution in [2.45, 2.75) is 37.7 Å². The molecule has 3 aromatic rings. The number of ketones is 1. The van der Waals surface area contributed by atoms with Crippen molar-refractivity contribution in [1.82, 2.24) is 10.6 Å². The van der Waals surface area contributed by atoms with Crippen molar-refractivity contribution in [3.8, 4) is 0 Å². The first-order valence-corrected chi connectivity index (χ1v) is 11.2. The van der Waals surface area contributed by atoms with Gasteiger partial charge in [0, 0.05) is 12.8 Å². The van der Waals surface area contributed by atoms with E-state index < -0.39 is 36.0 Å². The zero-order valence-corrected chi connectivity index (χ0v) is 19.2. The molecule has 0 heterocycles. The quantitative estimate of drug-likeness (QED) is 0.435. The number of hydrogen-bond donors (Lipinski definition) is 2. The molecule has 0 aliphatic heterocycles. The van der Waals surface area contributed by atoms with E-state index in [1.165, 1.54) is 0 Å². The third-order valence-corrected chi connectivity index (χ3v) is 5.30. The Bertz CT molecular complexity index is 1140. The molecule has 3 aromatic carbocycles. The molecule has 0 radical (unpaired) electrons. The van der Waals surface area contributed by atoms with E-state index >= 15 is 0 Å². The average molecular weight is 499 g/mol. The van der Waals surface area contributed by atoms with Crippen LogP contribution in [0, 0.1) is 0 Å². The summed E-state index contributed by atoms with van der Waals surface area (Å²) >= 11 is 0. The van der Waals surface area contributed by atoms with Crippen LogP contribution < -0.4 is 10.6 Å². The second kappa shape index (κ2) is 12.5. The van der Waals surface area contributed by atoms with Gasteiger partial charge in [-0.25, -0.2) is 4.79 Å². The van der Waals surface area contributed by atoms with E-state index in [2.05, 4.69) is 10.6 Å². The van der Waals surface area contributed by atoms with Crippen LogP contribution in [0.15, 0.2) is 91.0 Å². The molecule has 0 spiro atoms. The van der Waals surface area contributed by atoms with Crippen LogP contribution in [0.4, 0.5) is 18.0 Å². The summed E-state index contributed by atoms with van der Waals surface area (Å²) in [6.45, 7) is -0.0600. The minimum Gasteiger partial charge on any atom is -0.445 e. The molecule has 2 amide bonds. The summed E-state index contributed by atoms with van der Waals surface area (Å²) in [5, 5.41) is 4.61. The fraction of sp³-hybridized carbons (Fsp3) is 0.222. The molecule has 0 saturated heterocycles. The minimum absolute atomic E-state index is 0.0224. The SMILES string of the molecule is O=C(N[C@@H](Cc1ccccc1)C(=O)NC(Cc1ccccc1)C(=O)C(F)(F)F)OCc1ccccc1. The summed E-state index contributed by atoms with van der Waals surface area (Å²) in [7, 11) is 0. The number of rotatable bonds is 10. The van der Waals surface area contributed by atoms with E-state index in [0.717, 1.165) is 5.56 Å². The van der Waals surface area contributed by atoms with E-state index in [9.17, 15) is 27.6 Å². The van der Waals surface area contributed by atoms with Crippen molar-refractivity contribution in [2.24, 2.45) is 0 Å². The summed E-state index contributed by atoms with van der Waals surface area (Å²) < 4.78 is 45.0. The largest absolute Gasteiger partial charge is 0.452 e. The predicted octanol–water partition coefficient (Wildman–Crippen LogP) is 4.38. The van der Waals surface area contributed by atoms with Gasteiger partial charge in [-0.1, -0.05) is 91.0 Å². The molecule has 0 fully saturated rings. The highest BCUT2D eigenvalue weighted by Gasteiger charge is 2.44. The average Bonchev–Trinajstić information content (AvgIpc) is 2.87. The van der Waals surface area contributed by atoms with Crippen molar-refractivity contribution in [2.75, 3.05) is 0 Å². The van der Waals surface area contributed by atoms with Gasteiger partial charge in [0.2, 0.25) is 5.91 Å². The number of amides is 2. The van der Waals surface area contributed by atoms with Crippen LogP contribution in [-0.4, -0.2) is 36.0 Å². The normalized spacial score (nSPS) is 12.8. The first kappa shape index (κ1) is 26.5. The summed E-state index contributed by atoms with van der Waals surface area (Å²) in [6.07, 6.45) is -6.45. The highest BCUT2D eigenvalue weighted by atomic mass is 19.4. The van der Waals surface area contributed by atoms with Crippen LogP contribution in [0.2, 0.25) is 0 Å². The van der Waals surface area contributed by atoms with Gasteiger partial charge in [-0.2, -0.15) is 13.2 Å². The molecule has 9 heteroatoms. The van der Waals surface area contributed by atoms with Gasteiger partial charge in [0.05, 0.1) is 0 Å². The van der Waals surface area contributed by atoms with Gasteiger partial charge >= 0.3 is 12.3 Å². The fourth-order valence-electron chi connectivity index (χ4n) is 3.50. The Hall–Kier alpha value is -4.14. The summed E-state index contributed by atoms with van der Waals surface area (Å²) in [5.74, 6) is -3.01. The van der Waals surface area contributed by atoms with Crippen molar-refractivity contribution < 1.29 is 32.3 Å². The predicted molar refractivity (Wildman–Crippen MR) is 127 cm³/mol. The second-order valence-electron chi connectivity index (χ2n) is 8.06. The van der Waals surface area contributed by atoms with Gasteiger partial charge in [0.25, 0.3) is 5.78 Å². The Morgan fingerprint density at radius 2 is 1.11 bits per heavy atom. The van der Waals surface area contributed by atoms with Gasteiger partial charge in [-0.3, -0.25) is 9.59 Å². The van der Waals surface area contributed by atoms with Gasteiger partial charge in [-0.05, 0) is 16.7 Å². The number of ether oxygens (including phenoxy) is 1. The Morgan fingerprint density at radius 3 is 1.58 bits per heavy atom. The zero-order chi connectivity index (χ0) is 26.0. The Labute approximate surface area is 206 Å². The highest BCUT2D eigenvalue weighted by molar-refractivity contribution is 5.95.